The normalized spacial score (nSPS) is 11.0. The molecule has 1 amide bonds. The monoisotopic (exact) mass is 472 g/mol. The van der Waals surface area contributed by atoms with Gasteiger partial charge in [0, 0.05) is 0 Å². The maximum absolute atomic E-state index is 13.5. The third-order valence-corrected chi connectivity index (χ3v) is 6.44. The third kappa shape index (κ3) is 5.81. The highest BCUT2D eigenvalue weighted by molar-refractivity contribution is 7.92. The molecule has 0 spiro atoms. The number of nitrogens with zero attached hydrogens (tertiary/aromatic N) is 1. The molecule has 0 atom stereocenters. The van der Waals surface area contributed by atoms with E-state index in [1.165, 1.54) is 13.2 Å². The van der Waals surface area contributed by atoms with Crippen LogP contribution in [0.1, 0.15) is 13.3 Å². The highest BCUT2D eigenvalue weighted by Gasteiger charge is 2.29. The van der Waals surface area contributed by atoms with Crippen molar-refractivity contribution in [2.45, 2.75) is 18.2 Å². The van der Waals surface area contributed by atoms with Gasteiger partial charge in [0.15, 0.2) is 0 Å². The van der Waals surface area contributed by atoms with E-state index in [0.29, 0.717) is 18.0 Å². The van der Waals surface area contributed by atoms with Crippen LogP contribution in [0.2, 0.25) is 0 Å². The van der Waals surface area contributed by atoms with Gasteiger partial charge in [0.1, 0.15) is 23.9 Å². The number of sulfonamides is 1. The number of para-hydroxylation sites is 4. The molecule has 3 aromatic carbocycles. The smallest absolute Gasteiger partial charge is 0.264 e. The molecule has 0 heterocycles. The topological polar surface area (TPSA) is 84.9 Å². The molecule has 0 saturated heterocycles. The maximum Gasteiger partial charge on any atom is 0.264 e. The van der Waals surface area contributed by atoms with Crippen LogP contribution in [-0.2, 0) is 14.8 Å². The van der Waals surface area contributed by atoms with Crippen LogP contribution in [0.5, 0.6) is 11.5 Å². The number of carbonyl (C=O) groups is 1. The zero-order valence-electron chi connectivity index (χ0n) is 18.3. The van der Waals surface area contributed by atoms with Gasteiger partial charge in [-0.05, 0) is 55.0 Å². The fourth-order valence-corrected chi connectivity index (χ4v) is 4.53. The lowest BCUT2D eigenvalue weighted by molar-refractivity contribution is -0.114. The summed E-state index contributed by atoms with van der Waals surface area (Å²) in [5.74, 6) is -0.404. The predicted molar refractivity (Wildman–Crippen MR) is 125 cm³/mol. The first-order valence-electron chi connectivity index (χ1n) is 10.3. The average Bonchev–Trinajstić information content (AvgIpc) is 2.82. The number of methoxy groups -OCH3 is 1. The van der Waals surface area contributed by atoms with Gasteiger partial charge in [0.05, 0.1) is 30.0 Å². The summed E-state index contributed by atoms with van der Waals surface area (Å²) < 4.78 is 52.2. The Kier molecular flexibility index (Phi) is 7.89. The number of amides is 1. The first kappa shape index (κ1) is 24.1. The number of ether oxygens (including phenoxy) is 2. The van der Waals surface area contributed by atoms with Crippen LogP contribution in [0.25, 0.3) is 0 Å². The molecule has 1 N–H and O–H groups in total. The first-order chi connectivity index (χ1) is 15.9. The molecular weight excluding hydrogens is 447 g/mol. The first-order valence-corrected chi connectivity index (χ1v) is 11.7. The Balaban J connectivity index is 1.96. The zero-order chi connectivity index (χ0) is 23.8. The van der Waals surface area contributed by atoms with E-state index >= 15 is 0 Å². The minimum Gasteiger partial charge on any atom is -0.495 e. The summed E-state index contributed by atoms with van der Waals surface area (Å²) in [6.45, 7) is 1.90. The van der Waals surface area contributed by atoms with Crippen molar-refractivity contribution in [1.82, 2.24) is 0 Å². The van der Waals surface area contributed by atoms with Gasteiger partial charge in [-0.3, -0.25) is 9.10 Å². The van der Waals surface area contributed by atoms with Gasteiger partial charge >= 0.3 is 0 Å². The third-order valence-electron chi connectivity index (χ3n) is 4.67. The number of benzene rings is 3. The number of hydrogen-bond acceptors (Lipinski definition) is 5. The molecule has 0 bridgehead atoms. The van der Waals surface area contributed by atoms with Crippen molar-refractivity contribution in [3.8, 4) is 11.5 Å². The molecule has 7 nitrogen and oxygen atoms in total. The van der Waals surface area contributed by atoms with Crippen LogP contribution in [0, 0.1) is 5.82 Å². The van der Waals surface area contributed by atoms with Crippen molar-refractivity contribution in [3.63, 3.8) is 0 Å². The predicted octanol–water partition coefficient (Wildman–Crippen LogP) is 4.46. The van der Waals surface area contributed by atoms with E-state index in [4.69, 9.17) is 9.47 Å². The highest BCUT2D eigenvalue weighted by atomic mass is 32.2. The minimum atomic E-state index is -4.22. The number of carbonyl (C=O) groups excluding carboxylic acids is 1. The molecule has 0 radical (unpaired) electrons. The molecule has 0 aliphatic carbocycles. The summed E-state index contributed by atoms with van der Waals surface area (Å²) >= 11 is 0. The Labute approximate surface area is 192 Å². The quantitative estimate of drug-likeness (QED) is 0.471. The minimum absolute atomic E-state index is 0.158. The van der Waals surface area contributed by atoms with Crippen molar-refractivity contribution in [2.24, 2.45) is 0 Å². The van der Waals surface area contributed by atoms with E-state index in [9.17, 15) is 17.6 Å². The molecule has 0 saturated carbocycles. The Morgan fingerprint density at radius 2 is 1.61 bits per heavy atom. The zero-order valence-corrected chi connectivity index (χ0v) is 19.1. The standard InChI is InChI=1S/C24H25FN2O5S/c1-3-16-32-22-10-6-4-8-20(22)26-24(28)17-27(21-9-5-7-11-23(21)31-2)33(29,30)19-14-12-18(25)13-15-19/h4-15H,3,16-17H2,1-2H3,(H,26,28). The summed E-state index contributed by atoms with van der Waals surface area (Å²) in [5, 5.41) is 2.72. The van der Waals surface area contributed by atoms with Gasteiger partial charge in [-0.1, -0.05) is 31.2 Å². The molecule has 0 aliphatic rings. The molecule has 0 aliphatic heterocycles. The lowest BCUT2D eigenvalue weighted by atomic mass is 10.2. The van der Waals surface area contributed by atoms with Crippen molar-refractivity contribution >= 4 is 27.3 Å². The SMILES string of the molecule is CCCOc1ccccc1NC(=O)CN(c1ccccc1OC)S(=O)(=O)c1ccc(F)cc1. The Morgan fingerprint density at radius 3 is 2.27 bits per heavy atom. The number of nitrogens with one attached hydrogen (secondary N) is 1. The van der Waals surface area contributed by atoms with Crippen molar-refractivity contribution in [1.29, 1.82) is 0 Å². The Bertz CT molecular complexity index is 1200. The maximum atomic E-state index is 13.5. The van der Waals surface area contributed by atoms with E-state index in [-0.39, 0.29) is 16.3 Å². The molecule has 0 aromatic heterocycles. The fraction of sp³-hybridized carbons (Fsp3) is 0.208. The van der Waals surface area contributed by atoms with Crippen molar-refractivity contribution in [2.75, 3.05) is 29.9 Å². The summed E-state index contributed by atoms with van der Waals surface area (Å²) in [7, 11) is -2.81. The Morgan fingerprint density at radius 1 is 0.970 bits per heavy atom. The second kappa shape index (κ2) is 10.8. The van der Waals surface area contributed by atoms with E-state index < -0.39 is 28.3 Å². The molecule has 0 unspecified atom stereocenters. The van der Waals surface area contributed by atoms with Gasteiger partial charge < -0.3 is 14.8 Å². The number of halogens is 1. The van der Waals surface area contributed by atoms with Gasteiger partial charge in [-0.2, -0.15) is 0 Å². The number of rotatable bonds is 10. The average molecular weight is 473 g/mol. The van der Waals surface area contributed by atoms with Gasteiger partial charge in [-0.25, -0.2) is 12.8 Å². The van der Waals surface area contributed by atoms with Gasteiger partial charge in [0.25, 0.3) is 10.0 Å². The molecule has 3 aromatic rings. The fourth-order valence-electron chi connectivity index (χ4n) is 3.10. The summed E-state index contributed by atoms with van der Waals surface area (Å²) in [6, 6.07) is 17.8. The van der Waals surface area contributed by atoms with E-state index in [0.717, 1.165) is 35.0 Å². The summed E-state index contributed by atoms with van der Waals surface area (Å²) in [6.07, 6.45) is 0.791. The van der Waals surface area contributed by atoms with Crippen LogP contribution < -0.4 is 19.1 Å². The Hall–Kier alpha value is -3.59. The van der Waals surface area contributed by atoms with E-state index in [1.807, 2.05) is 6.92 Å². The van der Waals surface area contributed by atoms with Crippen LogP contribution in [0.4, 0.5) is 15.8 Å². The lowest BCUT2D eigenvalue weighted by Gasteiger charge is -2.25. The van der Waals surface area contributed by atoms with Crippen LogP contribution >= 0.6 is 0 Å². The van der Waals surface area contributed by atoms with Gasteiger partial charge in [-0.15, -0.1) is 0 Å². The molecule has 3 rings (SSSR count). The number of hydrogen-bond donors (Lipinski definition) is 1. The van der Waals surface area contributed by atoms with Crippen LogP contribution in [-0.4, -0.2) is 34.6 Å². The van der Waals surface area contributed by atoms with Crippen molar-refractivity contribution < 1.29 is 27.1 Å². The second-order valence-electron chi connectivity index (χ2n) is 7.03. The van der Waals surface area contributed by atoms with E-state index in [1.54, 1.807) is 42.5 Å². The lowest BCUT2D eigenvalue weighted by Crippen LogP contribution is -2.38. The molecule has 33 heavy (non-hydrogen) atoms. The van der Waals surface area contributed by atoms with Crippen molar-refractivity contribution in [3.05, 3.63) is 78.6 Å². The molecule has 0 fully saturated rings. The molecular formula is C24H25FN2O5S. The molecule has 9 heteroatoms. The second-order valence-corrected chi connectivity index (χ2v) is 8.89. The highest BCUT2D eigenvalue weighted by Crippen LogP contribution is 2.32. The molecule has 174 valence electrons. The summed E-state index contributed by atoms with van der Waals surface area (Å²) in [5.41, 5.74) is 0.602. The number of anilines is 2. The largest absolute Gasteiger partial charge is 0.495 e. The van der Waals surface area contributed by atoms with Crippen LogP contribution in [0.15, 0.2) is 77.7 Å². The van der Waals surface area contributed by atoms with E-state index in [2.05, 4.69) is 5.32 Å². The summed E-state index contributed by atoms with van der Waals surface area (Å²) in [4.78, 5) is 12.8. The van der Waals surface area contributed by atoms with Crippen LogP contribution in [0.3, 0.4) is 0 Å². The van der Waals surface area contributed by atoms with Gasteiger partial charge in [0.2, 0.25) is 5.91 Å².